The third-order valence-corrected chi connectivity index (χ3v) is 4.77. The summed E-state index contributed by atoms with van der Waals surface area (Å²) in [6.45, 7) is 5.47. The number of aryl methyl sites for hydroxylation is 2. The fourth-order valence-electron chi connectivity index (χ4n) is 2.15. The van der Waals surface area contributed by atoms with Gasteiger partial charge in [0.15, 0.2) is 0 Å². The monoisotopic (exact) mass is 252 g/mol. The van der Waals surface area contributed by atoms with Crippen molar-refractivity contribution in [3.8, 4) is 0 Å². The minimum atomic E-state index is -2.30. The zero-order chi connectivity index (χ0) is 12.6. The molecule has 1 saturated carbocycles. The molecule has 0 saturated heterocycles. The fraction of sp³-hybridized carbons (Fsp3) is 0.615. The van der Waals surface area contributed by atoms with E-state index in [0.717, 1.165) is 41.1 Å². The lowest BCUT2D eigenvalue weighted by molar-refractivity contribution is 0.587. The normalized spacial score (nSPS) is 16.2. The van der Waals surface area contributed by atoms with Gasteiger partial charge < -0.3 is 10.3 Å². The number of aromatic nitrogens is 1. The second-order valence-corrected chi connectivity index (χ2v) is 8.62. The molecule has 0 radical (unpaired) electrons. The average molecular weight is 252 g/mol. The second kappa shape index (κ2) is 4.45. The molecular weight excluding hydrogens is 231 g/mol. The lowest BCUT2D eigenvalue weighted by atomic mass is 10.1. The molecule has 0 atom stereocenters. The Morgan fingerprint density at radius 3 is 2.65 bits per heavy atom. The Kier molecular flexibility index (Phi) is 3.31. The van der Waals surface area contributed by atoms with E-state index in [0.29, 0.717) is 0 Å². The van der Waals surface area contributed by atoms with Gasteiger partial charge in [-0.1, -0.05) is 12.8 Å². The van der Waals surface area contributed by atoms with Gasteiger partial charge in [0, 0.05) is 0 Å². The van der Waals surface area contributed by atoms with Crippen molar-refractivity contribution in [1.82, 2.24) is 4.98 Å². The Bertz CT molecular complexity index is 475. The predicted octanol–water partition coefficient (Wildman–Crippen LogP) is 2.56. The van der Waals surface area contributed by atoms with E-state index in [4.69, 9.17) is 5.73 Å². The summed E-state index contributed by atoms with van der Waals surface area (Å²) in [5, 5.41) is 0. The number of hydrogen-bond acceptors (Lipinski definition) is 3. The zero-order valence-corrected chi connectivity index (χ0v) is 11.8. The van der Waals surface area contributed by atoms with E-state index in [2.05, 4.69) is 4.98 Å². The van der Waals surface area contributed by atoms with Gasteiger partial charge in [0.05, 0.1) is 11.4 Å². The van der Waals surface area contributed by atoms with E-state index >= 15 is 0 Å². The first-order chi connectivity index (χ1) is 7.88. The lowest BCUT2D eigenvalue weighted by Crippen LogP contribution is -2.16. The highest BCUT2D eigenvalue weighted by molar-refractivity contribution is 7.70. The van der Waals surface area contributed by atoms with Crippen LogP contribution in [0.2, 0.25) is 0 Å². The van der Waals surface area contributed by atoms with Crippen LogP contribution < -0.4 is 11.2 Å². The van der Waals surface area contributed by atoms with Crippen molar-refractivity contribution in [3.05, 3.63) is 17.3 Å². The lowest BCUT2D eigenvalue weighted by Gasteiger charge is -2.13. The Hall–Kier alpha value is -0.820. The van der Waals surface area contributed by atoms with Crippen molar-refractivity contribution in [2.75, 3.05) is 19.1 Å². The maximum absolute atomic E-state index is 12.1. The molecule has 0 bridgehead atoms. The largest absolute Gasteiger partial charge is 0.397 e. The number of pyridine rings is 1. The number of rotatable bonds is 4. The molecule has 1 aromatic heterocycles. The van der Waals surface area contributed by atoms with Crippen molar-refractivity contribution in [2.24, 2.45) is 5.92 Å². The highest BCUT2D eigenvalue weighted by atomic mass is 31.2. The highest BCUT2D eigenvalue weighted by Crippen LogP contribution is 2.37. The van der Waals surface area contributed by atoms with Gasteiger partial charge in [0.1, 0.15) is 12.6 Å². The zero-order valence-electron chi connectivity index (χ0n) is 10.9. The molecule has 1 aliphatic carbocycles. The average Bonchev–Trinajstić information content (AvgIpc) is 2.98. The summed E-state index contributed by atoms with van der Waals surface area (Å²) in [4.78, 5) is 4.55. The third kappa shape index (κ3) is 3.10. The summed E-state index contributed by atoms with van der Waals surface area (Å²) in [6, 6.07) is 1.92. The summed E-state index contributed by atoms with van der Waals surface area (Å²) in [6.07, 6.45) is 4.78. The molecule has 2 rings (SSSR count). The van der Waals surface area contributed by atoms with Crippen molar-refractivity contribution in [2.45, 2.75) is 32.6 Å². The third-order valence-electron chi connectivity index (χ3n) is 3.30. The summed E-state index contributed by atoms with van der Waals surface area (Å²) in [5.74, 6) is 0.871. The van der Waals surface area contributed by atoms with Gasteiger partial charge in [0.2, 0.25) is 0 Å². The first-order valence-electron chi connectivity index (χ1n) is 6.19. The summed E-state index contributed by atoms with van der Waals surface area (Å²) in [7, 11) is -2.30. The number of nitrogen functional groups attached to an aromatic ring is 1. The molecule has 1 heterocycles. The topological polar surface area (TPSA) is 56.0 Å². The van der Waals surface area contributed by atoms with Crippen LogP contribution in [0.4, 0.5) is 5.69 Å². The van der Waals surface area contributed by atoms with Crippen LogP contribution in [0.5, 0.6) is 0 Å². The SMILES string of the molecule is Cc1cc(N)c(CCC2CC2)nc1P(C)(C)=O. The Morgan fingerprint density at radius 1 is 1.47 bits per heavy atom. The molecule has 1 aliphatic rings. The number of anilines is 1. The number of hydrogen-bond donors (Lipinski definition) is 1. The minimum absolute atomic E-state index is 0.748. The van der Waals surface area contributed by atoms with E-state index in [1.54, 1.807) is 13.3 Å². The van der Waals surface area contributed by atoms with Gasteiger partial charge >= 0.3 is 0 Å². The van der Waals surface area contributed by atoms with E-state index in [9.17, 15) is 4.57 Å². The first-order valence-corrected chi connectivity index (χ1v) is 8.79. The molecule has 4 heteroatoms. The van der Waals surface area contributed by atoms with Crippen LogP contribution in [0.25, 0.3) is 0 Å². The van der Waals surface area contributed by atoms with Gasteiger partial charge in [-0.05, 0) is 50.6 Å². The standard InChI is InChI=1S/C13H21N2OP/c1-9-8-11(14)12(7-6-10-4-5-10)15-13(9)17(2,3)16/h8,10H,4-7,14H2,1-3H3. The first kappa shape index (κ1) is 12.6. The van der Waals surface area contributed by atoms with Crippen LogP contribution in [-0.2, 0) is 11.0 Å². The van der Waals surface area contributed by atoms with E-state index < -0.39 is 7.14 Å². The summed E-state index contributed by atoms with van der Waals surface area (Å²) in [5.41, 5.74) is 9.37. The molecule has 17 heavy (non-hydrogen) atoms. The molecule has 94 valence electrons. The number of nitrogens with two attached hydrogens (primary N) is 1. The Morgan fingerprint density at radius 2 is 2.12 bits per heavy atom. The maximum Gasteiger partial charge on any atom is 0.127 e. The van der Waals surface area contributed by atoms with Gasteiger partial charge in [-0.2, -0.15) is 0 Å². The maximum atomic E-state index is 12.1. The van der Waals surface area contributed by atoms with Crippen LogP contribution in [0.15, 0.2) is 6.07 Å². The molecule has 0 aromatic carbocycles. The summed E-state index contributed by atoms with van der Waals surface area (Å²) < 4.78 is 12.1. The highest BCUT2D eigenvalue weighted by Gasteiger charge is 2.23. The minimum Gasteiger partial charge on any atom is -0.397 e. The molecule has 0 unspecified atom stereocenters. The van der Waals surface area contributed by atoms with E-state index in [1.165, 1.54) is 12.8 Å². The van der Waals surface area contributed by atoms with Crippen molar-refractivity contribution in [3.63, 3.8) is 0 Å². The quantitative estimate of drug-likeness (QED) is 0.838. The Balaban J connectivity index is 2.27. The van der Waals surface area contributed by atoms with Crippen LogP contribution in [0.3, 0.4) is 0 Å². The molecule has 0 amide bonds. The molecular formula is C13H21N2OP. The second-order valence-electron chi connectivity index (χ2n) is 5.50. The van der Waals surface area contributed by atoms with Crippen LogP contribution in [0.1, 0.15) is 30.5 Å². The van der Waals surface area contributed by atoms with Gasteiger partial charge in [-0.25, -0.2) is 4.98 Å². The fourth-order valence-corrected chi connectivity index (χ4v) is 3.43. The number of nitrogens with zero attached hydrogens (tertiary/aromatic N) is 1. The summed E-state index contributed by atoms with van der Waals surface area (Å²) >= 11 is 0. The van der Waals surface area contributed by atoms with Gasteiger partial charge in [-0.3, -0.25) is 0 Å². The molecule has 3 nitrogen and oxygen atoms in total. The van der Waals surface area contributed by atoms with Gasteiger partial charge in [-0.15, -0.1) is 0 Å². The predicted molar refractivity (Wildman–Crippen MR) is 73.5 cm³/mol. The van der Waals surface area contributed by atoms with E-state index in [1.807, 2.05) is 13.0 Å². The molecule has 2 N–H and O–H groups in total. The van der Waals surface area contributed by atoms with Crippen molar-refractivity contribution >= 4 is 18.3 Å². The van der Waals surface area contributed by atoms with Crippen molar-refractivity contribution < 1.29 is 4.57 Å². The smallest absolute Gasteiger partial charge is 0.127 e. The van der Waals surface area contributed by atoms with Crippen LogP contribution >= 0.6 is 7.14 Å². The molecule has 0 aliphatic heterocycles. The Labute approximate surface area is 103 Å². The van der Waals surface area contributed by atoms with E-state index in [-0.39, 0.29) is 0 Å². The van der Waals surface area contributed by atoms with Crippen LogP contribution in [0, 0.1) is 12.8 Å². The van der Waals surface area contributed by atoms with Gasteiger partial charge in [0.25, 0.3) is 0 Å². The van der Waals surface area contributed by atoms with Crippen LogP contribution in [-0.4, -0.2) is 18.3 Å². The van der Waals surface area contributed by atoms with Crippen molar-refractivity contribution in [1.29, 1.82) is 0 Å². The molecule has 0 spiro atoms. The molecule has 1 aromatic rings. The molecule has 1 fully saturated rings.